The molecular formula is C9H12NO3. The molecule has 0 amide bonds. The van der Waals surface area contributed by atoms with Crippen LogP contribution in [-0.4, -0.2) is 16.9 Å². The number of aliphatic hydroxyl groups is 1. The number of rotatable bonds is 4. The summed E-state index contributed by atoms with van der Waals surface area (Å²) in [5, 5.41) is 17.8. The second kappa shape index (κ2) is 4.63. The molecule has 0 aromatic heterocycles. The predicted molar refractivity (Wildman–Crippen MR) is 46.1 cm³/mol. The van der Waals surface area contributed by atoms with E-state index in [0.717, 1.165) is 0 Å². The van der Waals surface area contributed by atoms with Crippen LogP contribution in [0.4, 0.5) is 0 Å². The standard InChI is InChI=1S/C9H12NO3/c1-4-9(12,5-2)13-8(11)7(3)6-10/h12H,1,3-5H2,2H3. The van der Waals surface area contributed by atoms with Crippen molar-refractivity contribution in [2.45, 2.75) is 25.6 Å². The van der Waals surface area contributed by atoms with Gasteiger partial charge in [-0.15, -0.1) is 0 Å². The van der Waals surface area contributed by atoms with Gasteiger partial charge in [-0.05, 0) is 6.92 Å². The molecule has 0 aromatic carbocycles. The number of hydrogen-bond donors (Lipinski definition) is 1. The lowest BCUT2D eigenvalue weighted by atomic mass is 10.1. The smallest absolute Gasteiger partial charge is 0.350 e. The Hall–Kier alpha value is -1.34. The molecule has 1 atom stereocenters. The van der Waals surface area contributed by atoms with Gasteiger partial charge >= 0.3 is 5.97 Å². The number of hydrogen-bond acceptors (Lipinski definition) is 4. The average molecular weight is 182 g/mol. The van der Waals surface area contributed by atoms with Crippen molar-refractivity contribution in [1.82, 2.24) is 0 Å². The van der Waals surface area contributed by atoms with Crippen LogP contribution in [0.15, 0.2) is 12.2 Å². The molecule has 4 heteroatoms. The molecule has 1 radical (unpaired) electrons. The number of ether oxygens (including phenoxy) is 1. The highest BCUT2D eigenvalue weighted by atomic mass is 16.7. The molecule has 0 fully saturated rings. The van der Waals surface area contributed by atoms with Crippen LogP contribution >= 0.6 is 0 Å². The summed E-state index contributed by atoms with van der Waals surface area (Å²) in [6.07, 6.45) is 0.259. The Bertz CT molecular complexity index is 248. The summed E-state index contributed by atoms with van der Waals surface area (Å²) < 4.78 is 4.62. The molecule has 0 aromatic rings. The molecule has 0 saturated carbocycles. The van der Waals surface area contributed by atoms with Crippen molar-refractivity contribution in [2.75, 3.05) is 0 Å². The molecule has 1 N–H and O–H groups in total. The van der Waals surface area contributed by atoms with E-state index in [4.69, 9.17) is 5.26 Å². The Morgan fingerprint density at radius 2 is 2.31 bits per heavy atom. The van der Waals surface area contributed by atoms with Crippen LogP contribution in [0, 0.1) is 18.3 Å². The molecule has 0 bridgehead atoms. The fraction of sp³-hybridized carbons (Fsp3) is 0.444. The molecule has 1 unspecified atom stereocenters. The normalized spacial score (nSPS) is 10.3. The highest BCUT2D eigenvalue weighted by Crippen LogP contribution is 2.17. The molecular weight excluding hydrogens is 170 g/mol. The maximum absolute atomic E-state index is 11.0. The number of carbonyl (C=O) groups is 1. The largest absolute Gasteiger partial charge is 0.429 e. The SMILES string of the molecule is [CH2]CC(O)(CC)OC(=O)C(=C)C#N. The summed E-state index contributed by atoms with van der Waals surface area (Å²) >= 11 is 0. The topological polar surface area (TPSA) is 70.3 Å². The molecule has 13 heavy (non-hydrogen) atoms. The van der Waals surface area contributed by atoms with E-state index < -0.39 is 11.8 Å². The zero-order chi connectivity index (χ0) is 10.5. The summed E-state index contributed by atoms with van der Waals surface area (Å²) in [5.74, 6) is -2.49. The third-order valence-electron chi connectivity index (χ3n) is 1.61. The number of nitriles is 1. The van der Waals surface area contributed by atoms with Crippen molar-refractivity contribution in [1.29, 1.82) is 5.26 Å². The first-order valence-electron chi connectivity index (χ1n) is 3.83. The van der Waals surface area contributed by atoms with Crippen LogP contribution in [0.2, 0.25) is 0 Å². The molecule has 0 aliphatic rings. The van der Waals surface area contributed by atoms with Crippen molar-refractivity contribution in [2.24, 2.45) is 0 Å². The maximum Gasteiger partial charge on any atom is 0.350 e. The van der Waals surface area contributed by atoms with E-state index in [1.807, 2.05) is 0 Å². The molecule has 71 valence electrons. The fourth-order valence-electron chi connectivity index (χ4n) is 0.580. The quantitative estimate of drug-likeness (QED) is 0.304. The first kappa shape index (κ1) is 11.7. The highest BCUT2D eigenvalue weighted by Gasteiger charge is 2.27. The third-order valence-corrected chi connectivity index (χ3v) is 1.61. The summed E-state index contributed by atoms with van der Waals surface area (Å²) in [7, 11) is 0. The highest BCUT2D eigenvalue weighted by molar-refractivity contribution is 5.92. The molecule has 0 aliphatic carbocycles. The van der Waals surface area contributed by atoms with Crippen molar-refractivity contribution in [3.05, 3.63) is 19.1 Å². The fourth-order valence-corrected chi connectivity index (χ4v) is 0.580. The predicted octanol–water partition coefficient (Wildman–Crippen LogP) is 0.932. The molecule has 0 spiro atoms. The van der Waals surface area contributed by atoms with Gasteiger partial charge in [-0.1, -0.05) is 13.5 Å². The van der Waals surface area contributed by atoms with Gasteiger partial charge in [0.25, 0.3) is 0 Å². The first-order valence-corrected chi connectivity index (χ1v) is 3.83. The summed E-state index contributed by atoms with van der Waals surface area (Å²) in [6.45, 7) is 8.23. The van der Waals surface area contributed by atoms with Gasteiger partial charge in [-0.3, -0.25) is 0 Å². The van der Waals surface area contributed by atoms with E-state index in [-0.39, 0.29) is 18.4 Å². The van der Waals surface area contributed by atoms with Crippen molar-refractivity contribution >= 4 is 5.97 Å². The van der Waals surface area contributed by atoms with Gasteiger partial charge in [0.15, 0.2) is 0 Å². The number of carbonyl (C=O) groups excluding carboxylic acids is 1. The van der Waals surface area contributed by atoms with Crippen LogP contribution in [0.3, 0.4) is 0 Å². The Labute approximate surface area is 77.4 Å². The minimum atomic E-state index is -1.59. The second-order valence-corrected chi connectivity index (χ2v) is 2.53. The third kappa shape index (κ3) is 3.26. The number of nitrogens with zero attached hydrogens (tertiary/aromatic N) is 1. The van der Waals surface area contributed by atoms with E-state index in [1.165, 1.54) is 6.07 Å². The minimum Gasteiger partial charge on any atom is -0.429 e. The van der Waals surface area contributed by atoms with Crippen LogP contribution in [0.25, 0.3) is 0 Å². The summed E-state index contributed by atoms with van der Waals surface area (Å²) in [6, 6.07) is 1.53. The van der Waals surface area contributed by atoms with Gasteiger partial charge in [0, 0.05) is 12.8 Å². The minimum absolute atomic E-state index is 0.0357. The molecule has 0 rings (SSSR count). The van der Waals surface area contributed by atoms with Gasteiger partial charge in [0.1, 0.15) is 11.6 Å². The van der Waals surface area contributed by atoms with Gasteiger partial charge in [-0.25, -0.2) is 4.79 Å². The van der Waals surface area contributed by atoms with Gasteiger partial charge < -0.3 is 9.84 Å². The lowest BCUT2D eigenvalue weighted by molar-refractivity contribution is -0.204. The monoisotopic (exact) mass is 182 g/mol. The molecule has 0 heterocycles. The first-order chi connectivity index (χ1) is 5.99. The van der Waals surface area contributed by atoms with Crippen LogP contribution in [0.5, 0.6) is 0 Å². The Balaban J connectivity index is 4.36. The second-order valence-electron chi connectivity index (χ2n) is 2.53. The lowest BCUT2D eigenvalue weighted by Crippen LogP contribution is -2.33. The zero-order valence-corrected chi connectivity index (χ0v) is 7.54. The van der Waals surface area contributed by atoms with E-state index in [0.29, 0.717) is 0 Å². The Morgan fingerprint density at radius 1 is 1.77 bits per heavy atom. The lowest BCUT2D eigenvalue weighted by Gasteiger charge is -2.24. The van der Waals surface area contributed by atoms with E-state index >= 15 is 0 Å². The molecule has 4 nitrogen and oxygen atoms in total. The van der Waals surface area contributed by atoms with Crippen molar-refractivity contribution in [3.8, 4) is 6.07 Å². The van der Waals surface area contributed by atoms with E-state index in [9.17, 15) is 9.90 Å². The summed E-state index contributed by atoms with van der Waals surface area (Å²) in [5.41, 5.74) is -0.333. The average Bonchev–Trinajstić information content (AvgIpc) is 2.16. The van der Waals surface area contributed by atoms with E-state index in [2.05, 4.69) is 18.2 Å². The summed E-state index contributed by atoms with van der Waals surface area (Å²) in [4.78, 5) is 11.0. The Morgan fingerprint density at radius 3 is 2.62 bits per heavy atom. The van der Waals surface area contributed by atoms with E-state index in [1.54, 1.807) is 6.92 Å². The van der Waals surface area contributed by atoms with Crippen molar-refractivity contribution < 1.29 is 14.6 Å². The Kier molecular flexibility index (Phi) is 4.15. The van der Waals surface area contributed by atoms with Crippen LogP contribution < -0.4 is 0 Å². The number of esters is 1. The van der Waals surface area contributed by atoms with Gasteiger partial charge in [0.2, 0.25) is 5.79 Å². The van der Waals surface area contributed by atoms with Gasteiger partial charge in [-0.2, -0.15) is 5.26 Å². The molecule has 0 saturated heterocycles. The van der Waals surface area contributed by atoms with Crippen LogP contribution in [0.1, 0.15) is 19.8 Å². The van der Waals surface area contributed by atoms with Crippen LogP contribution in [-0.2, 0) is 9.53 Å². The maximum atomic E-state index is 11.0. The molecule has 0 aliphatic heterocycles. The van der Waals surface area contributed by atoms with Crippen molar-refractivity contribution in [3.63, 3.8) is 0 Å². The van der Waals surface area contributed by atoms with Gasteiger partial charge in [0.05, 0.1) is 0 Å². The zero-order valence-electron chi connectivity index (χ0n) is 7.54.